The number of esters is 1. The average Bonchev–Trinajstić information content (AvgIpc) is 2.59. The van der Waals surface area contributed by atoms with Gasteiger partial charge >= 0.3 is 5.97 Å². The summed E-state index contributed by atoms with van der Waals surface area (Å²) in [4.78, 5) is 11.9. The van der Waals surface area contributed by atoms with Crippen molar-refractivity contribution in [2.75, 3.05) is 0 Å². The molecule has 23 heavy (non-hydrogen) atoms. The summed E-state index contributed by atoms with van der Waals surface area (Å²) in [5.74, 6) is -2.50. The van der Waals surface area contributed by atoms with E-state index in [9.17, 15) is 13.6 Å². The Morgan fingerprint density at radius 2 is 1.39 bits per heavy atom. The SMILES string of the molecule is O=C(Oc1ccc(-c2ccccc2)cc1)c1ccc(F)c(F)c1. The number of benzene rings is 3. The zero-order chi connectivity index (χ0) is 16.2. The number of carbonyl (C=O) groups excluding carboxylic acids is 1. The van der Waals surface area contributed by atoms with Crippen LogP contribution in [0.2, 0.25) is 0 Å². The van der Waals surface area contributed by atoms with E-state index in [0.717, 1.165) is 23.3 Å². The van der Waals surface area contributed by atoms with E-state index >= 15 is 0 Å². The Bertz CT molecular complexity index is 828. The predicted octanol–water partition coefficient (Wildman–Crippen LogP) is 4.85. The van der Waals surface area contributed by atoms with Crippen molar-refractivity contribution in [3.05, 3.63) is 90.0 Å². The van der Waals surface area contributed by atoms with Gasteiger partial charge in [-0.05, 0) is 41.5 Å². The first kappa shape index (κ1) is 14.9. The predicted molar refractivity (Wildman–Crippen MR) is 83.2 cm³/mol. The second kappa shape index (κ2) is 6.40. The van der Waals surface area contributed by atoms with Crippen LogP contribution in [0.5, 0.6) is 5.75 Å². The summed E-state index contributed by atoms with van der Waals surface area (Å²) in [7, 11) is 0. The minimum absolute atomic E-state index is 0.0453. The molecule has 3 rings (SSSR count). The summed E-state index contributed by atoms with van der Waals surface area (Å²) in [5, 5.41) is 0. The number of ether oxygens (including phenoxy) is 1. The quantitative estimate of drug-likeness (QED) is 0.510. The first-order chi connectivity index (χ1) is 11.1. The maximum absolute atomic E-state index is 13.1. The van der Waals surface area contributed by atoms with Crippen LogP contribution < -0.4 is 4.74 Å². The molecule has 0 aromatic heterocycles. The molecule has 0 radical (unpaired) electrons. The van der Waals surface area contributed by atoms with Crippen LogP contribution in [-0.4, -0.2) is 5.97 Å². The molecule has 2 nitrogen and oxygen atoms in total. The molecule has 0 spiro atoms. The monoisotopic (exact) mass is 310 g/mol. The average molecular weight is 310 g/mol. The van der Waals surface area contributed by atoms with Crippen molar-refractivity contribution in [1.82, 2.24) is 0 Å². The summed E-state index contributed by atoms with van der Waals surface area (Å²) in [6.45, 7) is 0. The number of hydrogen-bond donors (Lipinski definition) is 0. The second-order valence-corrected chi connectivity index (χ2v) is 4.91. The molecule has 0 atom stereocenters. The van der Waals surface area contributed by atoms with E-state index in [1.54, 1.807) is 12.1 Å². The van der Waals surface area contributed by atoms with Crippen LogP contribution >= 0.6 is 0 Å². The number of hydrogen-bond acceptors (Lipinski definition) is 2. The molecule has 0 unspecified atom stereocenters. The lowest BCUT2D eigenvalue weighted by atomic mass is 10.1. The van der Waals surface area contributed by atoms with Gasteiger partial charge in [0.05, 0.1) is 5.56 Å². The molecule has 0 N–H and O–H groups in total. The highest BCUT2D eigenvalue weighted by molar-refractivity contribution is 5.91. The van der Waals surface area contributed by atoms with Gasteiger partial charge in [0.25, 0.3) is 0 Å². The molecule has 0 amide bonds. The molecule has 0 bridgehead atoms. The lowest BCUT2D eigenvalue weighted by molar-refractivity contribution is 0.0734. The van der Waals surface area contributed by atoms with Gasteiger partial charge in [-0.2, -0.15) is 0 Å². The Kier molecular flexibility index (Phi) is 4.15. The van der Waals surface area contributed by atoms with Crippen molar-refractivity contribution >= 4 is 5.97 Å². The number of carbonyl (C=O) groups is 1. The van der Waals surface area contributed by atoms with E-state index in [4.69, 9.17) is 4.74 Å². The molecule has 0 saturated heterocycles. The van der Waals surface area contributed by atoms with Gasteiger partial charge in [-0.3, -0.25) is 0 Å². The largest absolute Gasteiger partial charge is 0.423 e. The highest BCUT2D eigenvalue weighted by atomic mass is 19.2. The Balaban J connectivity index is 1.75. The van der Waals surface area contributed by atoms with Crippen LogP contribution in [0.15, 0.2) is 72.8 Å². The molecule has 0 fully saturated rings. The Labute approximate surface area is 132 Å². The van der Waals surface area contributed by atoms with Crippen molar-refractivity contribution in [3.63, 3.8) is 0 Å². The fourth-order valence-corrected chi connectivity index (χ4v) is 2.14. The Morgan fingerprint density at radius 1 is 0.739 bits per heavy atom. The molecule has 0 aliphatic carbocycles. The summed E-state index contributed by atoms with van der Waals surface area (Å²) < 4.78 is 31.2. The molecule has 0 heterocycles. The van der Waals surface area contributed by atoms with E-state index < -0.39 is 17.6 Å². The van der Waals surface area contributed by atoms with E-state index in [0.29, 0.717) is 5.75 Å². The standard InChI is InChI=1S/C19H12F2O2/c20-17-11-8-15(12-18(17)21)19(22)23-16-9-6-14(7-10-16)13-4-2-1-3-5-13/h1-12H. The smallest absolute Gasteiger partial charge is 0.343 e. The summed E-state index contributed by atoms with van der Waals surface area (Å²) in [5.41, 5.74) is 1.99. The first-order valence-corrected chi connectivity index (χ1v) is 6.96. The van der Waals surface area contributed by atoms with Crippen LogP contribution in [0.25, 0.3) is 11.1 Å². The van der Waals surface area contributed by atoms with E-state index in [1.165, 1.54) is 6.07 Å². The molecule has 0 aliphatic rings. The molecule has 3 aromatic carbocycles. The van der Waals surface area contributed by atoms with Crippen LogP contribution in [-0.2, 0) is 0 Å². The molecule has 0 aliphatic heterocycles. The van der Waals surface area contributed by atoms with Gasteiger partial charge in [-0.15, -0.1) is 0 Å². The minimum Gasteiger partial charge on any atom is -0.423 e. The van der Waals surface area contributed by atoms with Crippen molar-refractivity contribution in [2.24, 2.45) is 0 Å². The van der Waals surface area contributed by atoms with Crippen LogP contribution in [0, 0.1) is 11.6 Å². The lowest BCUT2D eigenvalue weighted by Gasteiger charge is -2.06. The molecule has 0 saturated carbocycles. The highest BCUT2D eigenvalue weighted by Gasteiger charge is 2.12. The second-order valence-electron chi connectivity index (χ2n) is 4.91. The fraction of sp³-hybridized carbons (Fsp3) is 0. The van der Waals surface area contributed by atoms with E-state index in [-0.39, 0.29) is 5.56 Å². The van der Waals surface area contributed by atoms with Crippen molar-refractivity contribution in [1.29, 1.82) is 0 Å². The molecular formula is C19H12F2O2. The van der Waals surface area contributed by atoms with Gasteiger partial charge in [-0.25, -0.2) is 13.6 Å². The van der Waals surface area contributed by atoms with Gasteiger partial charge in [0.1, 0.15) is 5.75 Å². The summed E-state index contributed by atoms with van der Waals surface area (Å²) in [6, 6.07) is 19.6. The van der Waals surface area contributed by atoms with Gasteiger partial charge in [0.2, 0.25) is 0 Å². The van der Waals surface area contributed by atoms with Crippen LogP contribution in [0.1, 0.15) is 10.4 Å². The van der Waals surface area contributed by atoms with Crippen molar-refractivity contribution in [2.45, 2.75) is 0 Å². The third-order valence-corrected chi connectivity index (χ3v) is 3.33. The summed E-state index contributed by atoms with van der Waals surface area (Å²) >= 11 is 0. The zero-order valence-corrected chi connectivity index (χ0v) is 12.0. The van der Waals surface area contributed by atoms with Crippen LogP contribution in [0.4, 0.5) is 8.78 Å². The lowest BCUT2D eigenvalue weighted by Crippen LogP contribution is -2.09. The maximum atomic E-state index is 13.1. The number of rotatable bonds is 3. The van der Waals surface area contributed by atoms with Crippen molar-refractivity contribution < 1.29 is 18.3 Å². The van der Waals surface area contributed by atoms with E-state index in [2.05, 4.69) is 0 Å². The van der Waals surface area contributed by atoms with E-state index in [1.807, 2.05) is 42.5 Å². The number of halogens is 2. The fourth-order valence-electron chi connectivity index (χ4n) is 2.14. The van der Waals surface area contributed by atoms with Gasteiger partial charge in [0, 0.05) is 0 Å². The molecule has 4 heteroatoms. The third-order valence-electron chi connectivity index (χ3n) is 3.33. The minimum atomic E-state index is -1.08. The van der Waals surface area contributed by atoms with Crippen molar-refractivity contribution in [3.8, 4) is 16.9 Å². The molecular weight excluding hydrogens is 298 g/mol. The Hall–Kier alpha value is -3.01. The first-order valence-electron chi connectivity index (χ1n) is 6.96. The topological polar surface area (TPSA) is 26.3 Å². The van der Waals surface area contributed by atoms with Gasteiger partial charge in [-0.1, -0.05) is 42.5 Å². The highest BCUT2D eigenvalue weighted by Crippen LogP contribution is 2.22. The van der Waals surface area contributed by atoms with Gasteiger partial charge < -0.3 is 4.74 Å². The Morgan fingerprint density at radius 3 is 2.04 bits per heavy atom. The molecule has 3 aromatic rings. The maximum Gasteiger partial charge on any atom is 0.343 e. The van der Waals surface area contributed by atoms with Gasteiger partial charge in [0.15, 0.2) is 11.6 Å². The normalized spacial score (nSPS) is 10.3. The summed E-state index contributed by atoms with van der Waals surface area (Å²) in [6.07, 6.45) is 0. The molecule has 114 valence electrons. The zero-order valence-electron chi connectivity index (χ0n) is 12.0. The third kappa shape index (κ3) is 3.43. The van der Waals surface area contributed by atoms with Crippen LogP contribution in [0.3, 0.4) is 0 Å².